The molecule has 16 heavy (non-hydrogen) atoms. The van der Waals surface area contributed by atoms with Crippen LogP contribution in [0.15, 0.2) is 18.2 Å². The van der Waals surface area contributed by atoms with Gasteiger partial charge >= 0.3 is 5.97 Å². The predicted octanol–water partition coefficient (Wildman–Crippen LogP) is 2.12. The molecule has 2 N–H and O–H groups in total. The van der Waals surface area contributed by atoms with Crippen LogP contribution in [0.5, 0.6) is 0 Å². The van der Waals surface area contributed by atoms with Crippen LogP contribution in [0, 0.1) is 5.82 Å². The number of alkyl halides is 1. The van der Waals surface area contributed by atoms with Crippen LogP contribution in [0.25, 0.3) is 0 Å². The van der Waals surface area contributed by atoms with Gasteiger partial charge in [0.05, 0.1) is 0 Å². The second kappa shape index (κ2) is 5.82. The fraction of sp³-hybridized carbons (Fsp3) is 0.364. The van der Waals surface area contributed by atoms with Crippen LogP contribution < -0.4 is 0 Å². The van der Waals surface area contributed by atoms with E-state index in [1.807, 2.05) is 0 Å². The summed E-state index contributed by atoms with van der Waals surface area (Å²) in [6, 6.07) is 4.11. The largest absolute Gasteiger partial charge is 0.479 e. The van der Waals surface area contributed by atoms with Gasteiger partial charge in [0.25, 0.3) is 0 Å². The first-order valence-corrected chi connectivity index (χ1v) is 5.35. The number of halogens is 2. The summed E-state index contributed by atoms with van der Waals surface area (Å²) in [7, 11) is 0. The van der Waals surface area contributed by atoms with Crippen molar-refractivity contribution in [2.75, 3.05) is 5.88 Å². The zero-order chi connectivity index (χ0) is 12.1. The van der Waals surface area contributed by atoms with Gasteiger partial charge in [-0.05, 0) is 24.5 Å². The monoisotopic (exact) mass is 246 g/mol. The Morgan fingerprint density at radius 2 is 2.19 bits per heavy atom. The molecule has 0 aliphatic heterocycles. The highest BCUT2D eigenvalue weighted by Crippen LogP contribution is 2.19. The van der Waals surface area contributed by atoms with Gasteiger partial charge in [0, 0.05) is 11.4 Å². The Morgan fingerprint density at radius 3 is 2.69 bits per heavy atom. The molecule has 3 nitrogen and oxygen atoms in total. The Balaban J connectivity index is 2.87. The summed E-state index contributed by atoms with van der Waals surface area (Å²) >= 11 is 5.50. The van der Waals surface area contributed by atoms with Crippen molar-refractivity contribution >= 4 is 17.6 Å². The van der Waals surface area contributed by atoms with Gasteiger partial charge in [-0.3, -0.25) is 0 Å². The highest BCUT2D eigenvalue weighted by atomic mass is 35.5. The minimum Gasteiger partial charge on any atom is -0.479 e. The van der Waals surface area contributed by atoms with Crippen LogP contribution in [0.4, 0.5) is 4.39 Å². The van der Waals surface area contributed by atoms with Gasteiger partial charge in [-0.2, -0.15) is 0 Å². The number of carboxylic acid groups (broad SMARTS) is 1. The maximum atomic E-state index is 13.4. The molecular weight excluding hydrogens is 235 g/mol. The quantitative estimate of drug-likeness (QED) is 0.783. The molecule has 1 rings (SSSR count). The van der Waals surface area contributed by atoms with Gasteiger partial charge in [-0.15, -0.1) is 11.6 Å². The SMILES string of the molecule is O=C(O)C(O)c1ccc(CCCCl)cc1F. The summed E-state index contributed by atoms with van der Waals surface area (Å²) in [6.07, 6.45) is -0.465. The molecule has 0 aliphatic carbocycles. The fourth-order valence-corrected chi connectivity index (χ4v) is 1.49. The molecule has 5 heteroatoms. The molecule has 1 aromatic rings. The van der Waals surface area contributed by atoms with E-state index in [4.69, 9.17) is 16.7 Å². The summed E-state index contributed by atoms with van der Waals surface area (Å²) in [6.45, 7) is 0. The van der Waals surface area contributed by atoms with Gasteiger partial charge in [0.1, 0.15) is 5.82 Å². The third-order valence-electron chi connectivity index (χ3n) is 2.19. The lowest BCUT2D eigenvalue weighted by atomic mass is 10.0. The Kier molecular flexibility index (Phi) is 4.71. The molecule has 0 radical (unpaired) electrons. The van der Waals surface area contributed by atoms with E-state index in [9.17, 15) is 14.3 Å². The first-order chi connectivity index (χ1) is 7.56. The van der Waals surface area contributed by atoms with Gasteiger partial charge in [-0.1, -0.05) is 12.1 Å². The summed E-state index contributed by atoms with van der Waals surface area (Å²) in [5.74, 6) is -1.68. The summed E-state index contributed by atoms with van der Waals surface area (Å²) in [5.41, 5.74) is 0.515. The Morgan fingerprint density at radius 1 is 1.50 bits per heavy atom. The first-order valence-electron chi connectivity index (χ1n) is 4.81. The highest BCUT2D eigenvalue weighted by Gasteiger charge is 2.19. The van der Waals surface area contributed by atoms with Crippen LogP contribution >= 0.6 is 11.6 Å². The number of carboxylic acids is 1. The lowest BCUT2D eigenvalue weighted by molar-refractivity contribution is -0.147. The molecule has 88 valence electrons. The van der Waals surface area contributed by atoms with E-state index >= 15 is 0 Å². The minimum atomic E-state index is -1.82. The molecule has 0 amide bonds. The summed E-state index contributed by atoms with van der Waals surface area (Å²) < 4.78 is 13.4. The molecule has 0 aliphatic rings. The average Bonchev–Trinajstić information content (AvgIpc) is 2.25. The minimum absolute atomic E-state index is 0.220. The molecule has 0 saturated heterocycles. The molecule has 0 spiro atoms. The summed E-state index contributed by atoms with van der Waals surface area (Å²) in [5, 5.41) is 17.7. The number of aliphatic hydroxyl groups excluding tert-OH is 1. The van der Waals surface area contributed by atoms with Crippen LogP contribution in [-0.4, -0.2) is 22.1 Å². The van der Waals surface area contributed by atoms with Crippen molar-refractivity contribution in [1.82, 2.24) is 0 Å². The lowest BCUT2D eigenvalue weighted by Gasteiger charge is -2.08. The zero-order valence-corrected chi connectivity index (χ0v) is 9.25. The van der Waals surface area contributed by atoms with Crippen molar-refractivity contribution in [2.24, 2.45) is 0 Å². The van der Waals surface area contributed by atoms with Gasteiger partial charge < -0.3 is 10.2 Å². The number of carbonyl (C=O) groups is 1. The molecule has 0 aromatic heterocycles. The fourth-order valence-electron chi connectivity index (χ4n) is 1.35. The van der Waals surface area contributed by atoms with E-state index in [-0.39, 0.29) is 5.56 Å². The van der Waals surface area contributed by atoms with Crippen LogP contribution in [0.3, 0.4) is 0 Å². The predicted molar refractivity (Wildman–Crippen MR) is 58.0 cm³/mol. The van der Waals surface area contributed by atoms with Gasteiger partial charge in [0.15, 0.2) is 6.10 Å². The van der Waals surface area contributed by atoms with E-state index < -0.39 is 17.9 Å². The molecule has 0 saturated carbocycles. The number of aliphatic carboxylic acids is 1. The van der Waals surface area contributed by atoms with E-state index in [1.54, 1.807) is 6.07 Å². The lowest BCUT2D eigenvalue weighted by Crippen LogP contribution is -2.12. The number of aliphatic hydroxyl groups is 1. The van der Waals surface area contributed by atoms with E-state index in [1.165, 1.54) is 12.1 Å². The molecule has 0 bridgehead atoms. The van der Waals surface area contributed by atoms with E-state index in [2.05, 4.69) is 0 Å². The van der Waals surface area contributed by atoms with Crippen LogP contribution in [0.2, 0.25) is 0 Å². The first kappa shape index (κ1) is 12.9. The maximum Gasteiger partial charge on any atom is 0.337 e. The second-order valence-electron chi connectivity index (χ2n) is 3.39. The van der Waals surface area contributed by atoms with E-state index in [0.29, 0.717) is 12.3 Å². The van der Waals surface area contributed by atoms with E-state index in [0.717, 1.165) is 12.0 Å². The molecule has 1 atom stereocenters. The maximum absolute atomic E-state index is 13.4. The third kappa shape index (κ3) is 3.18. The standard InChI is InChI=1S/C11H12ClFO3/c12-5-1-2-7-3-4-8(9(13)6-7)10(14)11(15)16/h3-4,6,10,14H,1-2,5H2,(H,15,16). The Bertz CT molecular complexity index is 381. The Hall–Kier alpha value is -1.13. The molecular formula is C11H12ClFO3. The third-order valence-corrected chi connectivity index (χ3v) is 2.46. The molecule has 0 heterocycles. The van der Waals surface area contributed by atoms with Crippen molar-refractivity contribution in [2.45, 2.75) is 18.9 Å². The number of hydrogen-bond acceptors (Lipinski definition) is 2. The van der Waals surface area contributed by atoms with Gasteiger partial charge in [0.2, 0.25) is 0 Å². The zero-order valence-electron chi connectivity index (χ0n) is 8.49. The number of aryl methyl sites for hydroxylation is 1. The normalized spacial score (nSPS) is 12.4. The number of rotatable bonds is 5. The average molecular weight is 247 g/mol. The highest BCUT2D eigenvalue weighted by molar-refractivity contribution is 6.17. The second-order valence-corrected chi connectivity index (χ2v) is 3.77. The molecule has 1 aromatic carbocycles. The van der Waals surface area contributed by atoms with Gasteiger partial charge in [-0.25, -0.2) is 9.18 Å². The van der Waals surface area contributed by atoms with Crippen molar-refractivity contribution in [3.05, 3.63) is 35.1 Å². The number of benzene rings is 1. The molecule has 0 fully saturated rings. The van der Waals surface area contributed by atoms with Crippen molar-refractivity contribution in [3.8, 4) is 0 Å². The smallest absolute Gasteiger partial charge is 0.337 e. The number of hydrogen-bond donors (Lipinski definition) is 2. The van der Waals surface area contributed by atoms with Crippen molar-refractivity contribution < 1.29 is 19.4 Å². The van der Waals surface area contributed by atoms with Crippen LogP contribution in [-0.2, 0) is 11.2 Å². The van der Waals surface area contributed by atoms with Crippen molar-refractivity contribution in [3.63, 3.8) is 0 Å². The Labute approximate surface area is 97.5 Å². The summed E-state index contributed by atoms with van der Waals surface area (Å²) in [4.78, 5) is 10.5. The van der Waals surface area contributed by atoms with Crippen LogP contribution in [0.1, 0.15) is 23.7 Å². The van der Waals surface area contributed by atoms with Crippen molar-refractivity contribution in [1.29, 1.82) is 0 Å². The molecule has 1 unspecified atom stereocenters. The topological polar surface area (TPSA) is 57.5 Å².